The smallest absolute Gasteiger partial charge is 0.268 e. The van der Waals surface area contributed by atoms with Crippen molar-refractivity contribution in [3.63, 3.8) is 0 Å². The van der Waals surface area contributed by atoms with Gasteiger partial charge < -0.3 is 10.3 Å². The minimum Gasteiger partial charge on any atom is -0.351 e. The summed E-state index contributed by atoms with van der Waals surface area (Å²) in [7, 11) is 0. The molecule has 3 rings (SSSR count). The average molecular weight is 299 g/mol. The van der Waals surface area contributed by atoms with Crippen molar-refractivity contribution in [2.24, 2.45) is 0 Å². The number of carbonyl (C=O) groups is 1. The van der Waals surface area contributed by atoms with E-state index in [1.54, 1.807) is 6.07 Å². The van der Waals surface area contributed by atoms with Gasteiger partial charge in [0.2, 0.25) is 0 Å². The first-order valence-electron chi connectivity index (χ1n) is 6.77. The summed E-state index contributed by atoms with van der Waals surface area (Å²) in [5.74, 6) is -0.126. The molecule has 1 heterocycles. The number of halogens is 1. The average Bonchev–Trinajstić information content (AvgIpc) is 2.91. The van der Waals surface area contributed by atoms with Gasteiger partial charge in [-0.3, -0.25) is 4.79 Å². The lowest BCUT2D eigenvalue weighted by Crippen LogP contribution is -2.26. The molecule has 0 saturated heterocycles. The predicted octanol–water partition coefficient (Wildman–Crippen LogP) is 4.31. The van der Waals surface area contributed by atoms with Crippen molar-refractivity contribution in [2.45, 2.75) is 13.0 Å². The molecule has 2 aromatic carbocycles. The van der Waals surface area contributed by atoms with Crippen LogP contribution < -0.4 is 5.32 Å². The number of aromatic amines is 1. The zero-order chi connectivity index (χ0) is 14.8. The van der Waals surface area contributed by atoms with Gasteiger partial charge >= 0.3 is 0 Å². The number of benzene rings is 2. The van der Waals surface area contributed by atoms with Crippen molar-refractivity contribution in [3.8, 4) is 0 Å². The molecule has 1 amide bonds. The van der Waals surface area contributed by atoms with E-state index in [0.29, 0.717) is 10.7 Å². The molecule has 0 aliphatic rings. The highest BCUT2D eigenvalue weighted by atomic mass is 35.5. The number of hydrogen-bond acceptors (Lipinski definition) is 1. The second kappa shape index (κ2) is 5.62. The Hall–Kier alpha value is -2.26. The number of rotatable bonds is 3. The van der Waals surface area contributed by atoms with Crippen LogP contribution in [-0.2, 0) is 0 Å². The second-order valence-corrected chi connectivity index (χ2v) is 5.46. The summed E-state index contributed by atoms with van der Waals surface area (Å²) in [5.41, 5.74) is 2.51. The molecule has 21 heavy (non-hydrogen) atoms. The Balaban J connectivity index is 1.80. The van der Waals surface area contributed by atoms with Crippen molar-refractivity contribution in [2.75, 3.05) is 0 Å². The highest BCUT2D eigenvalue weighted by Crippen LogP contribution is 2.20. The van der Waals surface area contributed by atoms with Crippen molar-refractivity contribution in [1.82, 2.24) is 10.3 Å². The van der Waals surface area contributed by atoms with E-state index in [-0.39, 0.29) is 11.9 Å². The quantitative estimate of drug-likeness (QED) is 0.743. The Labute approximate surface area is 127 Å². The molecule has 0 saturated carbocycles. The molecule has 4 heteroatoms. The molecule has 0 aliphatic carbocycles. The maximum absolute atomic E-state index is 12.3. The molecule has 0 fully saturated rings. The molecule has 106 valence electrons. The summed E-state index contributed by atoms with van der Waals surface area (Å²) in [5, 5.41) is 4.57. The molecule has 2 N–H and O–H groups in total. The number of H-pyrrole nitrogens is 1. The number of amides is 1. The minimum atomic E-state index is -0.126. The van der Waals surface area contributed by atoms with Crippen LogP contribution in [0.25, 0.3) is 10.9 Å². The van der Waals surface area contributed by atoms with Crippen LogP contribution in [0.15, 0.2) is 54.6 Å². The van der Waals surface area contributed by atoms with Gasteiger partial charge in [-0.25, -0.2) is 0 Å². The molecule has 3 nitrogen and oxygen atoms in total. The zero-order valence-corrected chi connectivity index (χ0v) is 12.3. The van der Waals surface area contributed by atoms with Crippen molar-refractivity contribution in [1.29, 1.82) is 0 Å². The first kappa shape index (κ1) is 13.7. The monoisotopic (exact) mass is 298 g/mol. The lowest BCUT2D eigenvalue weighted by Gasteiger charge is -2.13. The van der Waals surface area contributed by atoms with Gasteiger partial charge in [0.25, 0.3) is 5.91 Å². The molecule has 0 radical (unpaired) electrons. The molecular formula is C17H15ClN2O. The van der Waals surface area contributed by atoms with E-state index >= 15 is 0 Å². The normalized spacial score (nSPS) is 12.3. The lowest BCUT2D eigenvalue weighted by molar-refractivity contribution is 0.0935. The van der Waals surface area contributed by atoms with Crippen LogP contribution in [0.5, 0.6) is 0 Å². The van der Waals surface area contributed by atoms with Crippen LogP contribution in [-0.4, -0.2) is 10.9 Å². The largest absolute Gasteiger partial charge is 0.351 e. The van der Waals surface area contributed by atoms with E-state index in [0.717, 1.165) is 16.5 Å². The van der Waals surface area contributed by atoms with Gasteiger partial charge in [0, 0.05) is 15.9 Å². The fourth-order valence-corrected chi connectivity index (χ4v) is 2.51. The zero-order valence-electron chi connectivity index (χ0n) is 11.6. The molecule has 3 aromatic rings. The van der Waals surface area contributed by atoms with Gasteiger partial charge in [0.1, 0.15) is 5.69 Å². The van der Waals surface area contributed by atoms with Crippen molar-refractivity contribution >= 4 is 28.4 Å². The van der Waals surface area contributed by atoms with Crippen molar-refractivity contribution < 1.29 is 4.79 Å². The highest BCUT2D eigenvalue weighted by molar-refractivity contribution is 6.31. The Bertz CT molecular complexity index is 780. The highest BCUT2D eigenvalue weighted by Gasteiger charge is 2.13. The predicted molar refractivity (Wildman–Crippen MR) is 85.6 cm³/mol. The summed E-state index contributed by atoms with van der Waals surface area (Å²) < 4.78 is 0. The first-order chi connectivity index (χ1) is 10.1. The van der Waals surface area contributed by atoms with Crippen LogP contribution in [0.4, 0.5) is 0 Å². The van der Waals surface area contributed by atoms with Crippen LogP contribution in [0, 0.1) is 0 Å². The fourth-order valence-electron chi connectivity index (χ4n) is 2.33. The van der Waals surface area contributed by atoms with Gasteiger partial charge in [0.05, 0.1) is 6.04 Å². The van der Waals surface area contributed by atoms with Crippen LogP contribution in [0.3, 0.4) is 0 Å². The third-order valence-electron chi connectivity index (χ3n) is 3.47. The van der Waals surface area contributed by atoms with Crippen LogP contribution in [0.2, 0.25) is 5.02 Å². The number of aromatic nitrogens is 1. The van der Waals surface area contributed by atoms with Crippen LogP contribution in [0.1, 0.15) is 29.0 Å². The summed E-state index contributed by atoms with van der Waals surface area (Å²) >= 11 is 5.96. The van der Waals surface area contributed by atoms with Gasteiger partial charge in [-0.05, 0) is 36.8 Å². The van der Waals surface area contributed by atoms with E-state index < -0.39 is 0 Å². The Morgan fingerprint density at radius 2 is 1.90 bits per heavy atom. The maximum atomic E-state index is 12.3. The third-order valence-corrected chi connectivity index (χ3v) is 3.71. The standard InChI is InChI=1S/C17H15ClN2O/c1-11(12-5-3-2-4-6-12)19-17(21)16-10-13-9-14(18)7-8-15(13)20-16/h2-11,20H,1H3,(H,19,21)/t11-/m1/s1. The van der Waals surface area contributed by atoms with Gasteiger partial charge in [0.15, 0.2) is 0 Å². The second-order valence-electron chi connectivity index (χ2n) is 5.02. The molecular weight excluding hydrogens is 284 g/mol. The minimum absolute atomic E-state index is 0.0475. The summed E-state index contributed by atoms with van der Waals surface area (Å²) in [6.45, 7) is 1.97. The summed E-state index contributed by atoms with van der Waals surface area (Å²) in [6.07, 6.45) is 0. The van der Waals surface area contributed by atoms with Gasteiger partial charge in [-0.15, -0.1) is 0 Å². The first-order valence-corrected chi connectivity index (χ1v) is 7.15. The molecule has 0 aliphatic heterocycles. The lowest BCUT2D eigenvalue weighted by atomic mass is 10.1. The van der Waals surface area contributed by atoms with E-state index in [1.165, 1.54) is 0 Å². The molecule has 1 atom stereocenters. The number of hydrogen-bond donors (Lipinski definition) is 2. The molecule has 0 bridgehead atoms. The Morgan fingerprint density at radius 1 is 1.14 bits per heavy atom. The molecule has 1 aromatic heterocycles. The van der Waals surface area contributed by atoms with Gasteiger partial charge in [-0.2, -0.15) is 0 Å². The number of fused-ring (bicyclic) bond motifs is 1. The summed E-state index contributed by atoms with van der Waals surface area (Å²) in [4.78, 5) is 15.4. The summed E-state index contributed by atoms with van der Waals surface area (Å²) in [6, 6.07) is 17.1. The molecule has 0 unspecified atom stereocenters. The SMILES string of the molecule is C[C@@H](NC(=O)c1cc2cc(Cl)ccc2[nH]1)c1ccccc1. The Kier molecular flexibility index (Phi) is 3.67. The third kappa shape index (κ3) is 2.93. The van der Waals surface area contributed by atoms with E-state index in [9.17, 15) is 4.79 Å². The Morgan fingerprint density at radius 3 is 2.67 bits per heavy atom. The fraction of sp³-hybridized carbons (Fsp3) is 0.118. The van der Waals surface area contributed by atoms with E-state index in [2.05, 4.69) is 10.3 Å². The van der Waals surface area contributed by atoms with Gasteiger partial charge in [-0.1, -0.05) is 41.9 Å². The van der Waals surface area contributed by atoms with Crippen LogP contribution >= 0.6 is 11.6 Å². The van der Waals surface area contributed by atoms with E-state index in [4.69, 9.17) is 11.6 Å². The topological polar surface area (TPSA) is 44.9 Å². The molecule has 0 spiro atoms. The number of nitrogens with one attached hydrogen (secondary N) is 2. The van der Waals surface area contributed by atoms with E-state index in [1.807, 2.05) is 55.5 Å². The maximum Gasteiger partial charge on any atom is 0.268 e. The number of carbonyl (C=O) groups excluding carboxylic acids is 1. The van der Waals surface area contributed by atoms with Crippen molar-refractivity contribution in [3.05, 3.63) is 70.9 Å².